The predicted octanol–water partition coefficient (Wildman–Crippen LogP) is 7.03. The zero-order valence-corrected chi connectivity index (χ0v) is 23.8. The Labute approximate surface area is 235 Å². The van der Waals surface area contributed by atoms with Gasteiger partial charge in [-0.05, 0) is 72.5 Å². The lowest BCUT2D eigenvalue weighted by molar-refractivity contribution is -0.130. The first-order valence-electron chi connectivity index (χ1n) is 12.8. The normalized spacial score (nSPS) is 14.5. The van der Waals surface area contributed by atoms with Crippen LogP contribution in [0.25, 0.3) is 11.0 Å². The van der Waals surface area contributed by atoms with Crippen LogP contribution in [0, 0.1) is 5.41 Å². The average Bonchev–Trinajstić information content (AvgIpc) is 3.49. The number of halogens is 2. The number of carbonyl (C=O) groups is 2. The molecule has 5 rings (SSSR count). The van der Waals surface area contributed by atoms with Gasteiger partial charge in [0.05, 0.1) is 11.0 Å². The molecule has 1 heterocycles. The Bertz CT molecular complexity index is 1510. The number of nitrogens with one attached hydrogen (secondary N) is 2. The molecule has 0 spiro atoms. The molecule has 0 unspecified atom stereocenters. The molecule has 0 bridgehead atoms. The fourth-order valence-electron chi connectivity index (χ4n) is 5.11. The summed E-state index contributed by atoms with van der Waals surface area (Å²) in [6.07, 6.45) is 4.66. The third-order valence-electron chi connectivity index (χ3n) is 7.50. The van der Waals surface area contributed by atoms with Crippen molar-refractivity contribution in [1.82, 2.24) is 14.9 Å². The zero-order valence-electron chi connectivity index (χ0n) is 21.5. The van der Waals surface area contributed by atoms with Crippen molar-refractivity contribution in [2.75, 3.05) is 5.32 Å². The summed E-state index contributed by atoms with van der Waals surface area (Å²) in [4.78, 5) is 30.4. The molecule has 2 amide bonds. The van der Waals surface area contributed by atoms with Gasteiger partial charge in [-0.2, -0.15) is 0 Å². The van der Waals surface area contributed by atoms with Gasteiger partial charge < -0.3 is 15.2 Å². The second-order valence-electron chi connectivity index (χ2n) is 10.3. The minimum atomic E-state index is -0.254. The van der Waals surface area contributed by atoms with E-state index in [0.717, 1.165) is 63.8 Å². The van der Waals surface area contributed by atoms with E-state index in [-0.39, 0.29) is 17.2 Å². The van der Waals surface area contributed by atoms with Crippen molar-refractivity contribution >= 4 is 56.1 Å². The standard InChI is InChI=1S/C30H30BrClN4O2/c1-30(13-3-4-14-30)29(38)33-18-19-5-11-24(32)21(15-19)17-27-35-25-16-20(6-12-26(25)36(27)2)28(37)34-23-9-7-22(31)8-10-23/h5-12,15-16H,3-4,13-14,17-18H2,1-2H3,(H,33,38)(H,34,37). The monoisotopic (exact) mass is 592 g/mol. The molecular formula is C30H30BrClN4O2. The molecule has 8 heteroatoms. The van der Waals surface area contributed by atoms with Gasteiger partial charge in [-0.3, -0.25) is 9.59 Å². The molecule has 1 aromatic heterocycles. The molecule has 196 valence electrons. The average molecular weight is 594 g/mol. The van der Waals surface area contributed by atoms with E-state index in [1.54, 1.807) is 0 Å². The van der Waals surface area contributed by atoms with E-state index < -0.39 is 0 Å². The van der Waals surface area contributed by atoms with Crippen LogP contribution in [0.2, 0.25) is 5.02 Å². The molecule has 0 aliphatic heterocycles. The Balaban J connectivity index is 1.31. The number of rotatable bonds is 7. The van der Waals surface area contributed by atoms with Crippen molar-refractivity contribution < 1.29 is 9.59 Å². The van der Waals surface area contributed by atoms with Gasteiger partial charge in [0.15, 0.2) is 0 Å². The first kappa shape index (κ1) is 26.4. The van der Waals surface area contributed by atoms with E-state index in [1.165, 1.54) is 0 Å². The van der Waals surface area contributed by atoms with Gasteiger partial charge in [-0.25, -0.2) is 4.98 Å². The Morgan fingerprint density at radius 3 is 2.53 bits per heavy atom. The first-order chi connectivity index (χ1) is 18.2. The highest BCUT2D eigenvalue weighted by Gasteiger charge is 2.35. The molecule has 6 nitrogen and oxygen atoms in total. The van der Waals surface area contributed by atoms with Gasteiger partial charge in [0, 0.05) is 46.2 Å². The van der Waals surface area contributed by atoms with Crippen LogP contribution in [-0.2, 0) is 24.8 Å². The number of carbonyl (C=O) groups excluding carboxylic acids is 2. The Hall–Kier alpha value is -3.16. The smallest absolute Gasteiger partial charge is 0.255 e. The lowest BCUT2D eigenvalue weighted by Gasteiger charge is -2.22. The van der Waals surface area contributed by atoms with Crippen LogP contribution in [-0.4, -0.2) is 21.4 Å². The lowest BCUT2D eigenvalue weighted by atomic mass is 9.88. The maximum atomic E-state index is 12.8. The Morgan fingerprint density at radius 2 is 1.79 bits per heavy atom. The van der Waals surface area contributed by atoms with Crippen molar-refractivity contribution in [3.05, 3.63) is 92.7 Å². The van der Waals surface area contributed by atoms with Gasteiger partial charge >= 0.3 is 0 Å². The number of aromatic nitrogens is 2. The van der Waals surface area contributed by atoms with Crippen LogP contribution < -0.4 is 10.6 Å². The number of anilines is 1. The summed E-state index contributed by atoms with van der Waals surface area (Å²) in [6.45, 7) is 2.53. The molecule has 1 aliphatic carbocycles. The predicted molar refractivity (Wildman–Crippen MR) is 155 cm³/mol. The van der Waals surface area contributed by atoms with Crippen LogP contribution in [0.15, 0.2) is 65.1 Å². The van der Waals surface area contributed by atoms with Crippen LogP contribution in [0.4, 0.5) is 5.69 Å². The number of nitrogens with zero attached hydrogens (tertiary/aromatic N) is 2. The van der Waals surface area contributed by atoms with E-state index in [0.29, 0.717) is 23.6 Å². The van der Waals surface area contributed by atoms with Gasteiger partial charge in [0.25, 0.3) is 5.91 Å². The number of benzene rings is 3. The zero-order chi connectivity index (χ0) is 26.9. The fourth-order valence-corrected chi connectivity index (χ4v) is 5.56. The van der Waals surface area contributed by atoms with E-state index >= 15 is 0 Å². The van der Waals surface area contributed by atoms with Crippen molar-refractivity contribution in [3.8, 4) is 0 Å². The van der Waals surface area contributed by atoms with Crippen LogP contribution >= 0.6 is 27.5 Å². The van der Waals surface area contributed by atoms with Crippen LogP contribution in [0.3, 0.4) is 0 Å². The first-order valence-corrected chi connectivity index (χ1v) is 14.0. The molecule has 2 N–H and O–H groups in total. The van der Waals surface area contributed by atoms with Crippen molar-refractivity contribution in [1.29, 1.82) is 0 Å². The molecule has 0 atom stereocenters. The van der Waals surface area contributed by atoms with Crippen molar-refractivity contribution in [2.24, 2.45) is 12.5 Å². The number of imidazole rings is 1. The Kier molecular flexibility index (Phi) is 7.59. The maximum Gasteiger partial charge on any atom is 0.255 e. The van der Waals surface area contributed by atoms with E-state index in [9.17, 15) is 9.59 Å². The highest BCUT2D eigenvalue weighted by atomic mass is 79.9. The summed E-state index contributed by atoms with van der Waals surface area (Å²) >= 11 is 9.96. The summed E-state index contributed by atoms with van der Waals surface area (Å²) in [5.41, 5.74) is 4.64. The fraction of sp³-hybridized carbons (Fsp3) is 0.300. The van der Waals surface area contributed by atoms with Gasteiger partial charge in [-0.1, -0.05) is 59.4 Å². The quantitative estimate of drug-likeness (QED) is 0.242. The van der Waals surface area contributed by atoms with Crippen molar-refractivity contribution in [3.63, 3.8) is 0 Å². The summed E-state index contributed by atoms with van der Waals surface area (Å²) in [5.74, 6) is 0.777. The number of hydrogen-bond donors (Lipinski definition) is 2. The minimum Gasteiger partial charge on any atom is -0.352 e. The van der Waals surface area contributed by atoms with E-state index in [4.69, 9.17) is 16.6 Å². The van der Waals surface area contributed by atoms with E-state index in [2.05, 4.69) is 33.5 Å². The highest BCUT2D eigenvalue weighted by molar-refractivity contribution is 9.10. The van der Waals surface area contributed by atoms with Crippen molar-refractivity contribution in [2.45, 2.75) is 45.6 Å². The summed E-state index contributed by atoms with van der Waals surface area (Å²) in [7, 11) is 1.96. The topological polar surface area (TPSA) is 76.0 Å². The second-order valence-corrected chi connectivity index (χ2v) is 11.6. The molecular weight excluding hydrogens is 564 g/mol. The molecule has 0 radical (unpaired) electrons. The third kappa shape index (κ3) is 5.64. The molecule has 3 aromatic carbocycles. The van der Waals surface area contributed by atoms with Gasteiger partial charge in [0.2, 0.25) is 5.91 Å². The second kappa shape index (κ2) is 10.9. The molecule has 1 fully saturated rings. The summed E-state index contributed by atoms with van der Waals surface area (Å²) < 4.78 is 2.98. The largest absolute Gasteiger partial charge is 0.352 e. The lowest BCUT2D eigenvalue weighted by Crippen LogP contribution is -2.36. The van der Waals surface area contributed by atoms with Gasteiger partial charge in [0.1, 0.15) is 5.82 Å². The molecule has 1 saturated carbocycles. The van der Waals surface area contributed by atoms with E-state index in [1.807, 2.05) is 72.3 Å². The number of aryl methyl sites for hydroxylation is 1. The third-order valence-corrected chi connectivity index (χ3v) is 8.40. The summed E-state index contributed by atoms with van der Waals surface area (Å²) in [5, 5.41) is 6.70. The van der Waals surface area contributed by atoms with Crippen LogP contribution in [0.1, 0.15) is 59.9 Å². The molecule has 4 aromatic rings. The number of hydrogen-bond acceptors (Lipinski definition) is 3. The minimum absolute atomic E-state index is 0.127. The number of amides is 2. The SMILES string of the molecule is Cn1c(Cc2cc(CNC(=O)C3(C)CCCC3)ccc2Cl)nc2cc(C(=O)Nc3ccc(Br)cc3)ccc21. The maximum absolute atomic E-state index is 12.8. The number of fused-ring (bicyclic) bond motifs is 1. The summed E-state index contributed by atoms with van der Waals surface area (Å²) in [6, 6.07) is 18.9. The Morgan fingerprint density at radius 1 is 1.05 bits per heavy atom. The van der Waals surface area contributed by atoms with Gasteiger partial charge in [-0.15, -0.1) is 0 Å². The van der Waals surface area contributed by atoms with Crippen LogP contribution in [0.5, 0.6) is 0 Å². The molecule has 0 saturated heterocycles. The molecule has 38 heavy (non-hydrogen) atoms. The highest BCUT2D eigenvalue weighted by Crippen LogP contribution is 2.37. The molecule has 1 aliphatic rings.